The van der Waals surface area contributed by atoms with E-state index in [0.717, 1.165) is 23.3 Å². The van der Waals surface area contributed by atoms with Gasteiger partial charge in [-0.3, -0.25) is 9.89 Å². The first kappa shape index (κ1) is 23.1. The lowest BCUT2D eigenvalue weighted by Crippen LogP contribution is -2.18. The van der Waals surface area contributed by atoms with Crippen LogP contribution in [0.25, 0.3) is 16.9 Å². The van der Waals surface area contributed by atoms with Crippen molar-refractivity contribution in [3.05, 3.63) is 95.9 Å². The van der Waals surface area contributed by atoms with Crippen LogP contribution in [0.1, 0.15) is 21.6 Å². The molecule has 0 radical (unpaired) electrons. The molecule has 0 atom stereocenters. The molecule has 2 aromatic carbocycles. The normalized spacial score (nSPS) is 11.6. The largest absolute Gasteiger partial charge is 0.416 e. The molecule has 0 aliphatic heterocycles. The van der Waals surface area contributed by atoms with E-state index >= 15 is 0 Å². The quantitative estimate of drug-likeness (QED) is 0.348. The number of aromatic nitrogens is 5. The number of nitrogens with zero attached hydrogens (tertiary/aromatic N) is 5. The Balaban J connectivity index is 1.49. The summed E-state index contributed by atoms with van der Waals surface area (Å²) in [4.78, 5) is 19.5. The van der Waals surface area contributed by atoms with Crippen molar-refractivity contribution in [3.63, 3.8) is 0 Å². The van der Waals surface area contributed by atoms with Gasteiger partial charge in [0.1, 0.15) is 5.82 Å². The van der Waals surface area contributed by atoms with Crippen molar-refractivity contribution in [2.75, 3.05) is 17.3 Å². The number of hydrogen-bond acceptors (Lipinski definition) is 5. The molecular weight excluding hydrogens is 471 g/mol. The number of halogens is 3. The molecule has 2 N–H and O–H groups in total. The number of carbonyl (C=O) groups excluding carboxylic acids is 1. The minimum Gasteiger partial charge on any atom is -0.355 e. The molecule has 0 saturated carbocycles. The Morgan fingerprint density at radius 2 is 1.89 bits per heavy atom. The number of fused-ring (bicyclic) bond motifs is 1. The molecule has 0 saturated heterocycles. The molecule has 0 spiro atoms. The Morgan fingerprint density at radius 1 is 1.08 bits per heavy atom. The molecule has 1 amide bonds. The number of anilines is 2. The molecule has 182 valence electrons. The highest BCUT2D eigenvalue weighted by Gasteiger charge is 2.30. The lowest BCUT2D eigenvalue weighted by Gasteiger charge is -2.19. The number of H-pyrrole nitrogens is 1. The maximum Gasteiger partial charge on any atom is 0.416 e. The van der Waals surface area contributed by atoms with Gasteiger partial charge in [-0.15, -0.1) is 0 Å². The molecule has 0 bridgehead atoms. The number of hydrogen-bond donors (Lipinski definition) is 2. The molecule has 0 unspecified atom stereocenters. The van der Waals surface area contributed by atoms with E-state index < -0.39 is 17.6 Å². The van der Waals surface area contributed by atoms with Crippen molar-refractivity contribution < 1.29 is 18.0 Å². The zero-order chi connectivity index (χ0) is 25.3. The van der Waals surface area contributed by atoms with Crippen LogP contribution in [0.5, 0.6) is 0 Å². The maximum atomic E-state index is 13.0. The van der Waals surface area contributed by atoms with E-state index in [-0.39, 0.29) is 11.4 Å². The predicted molar refractivity (Wildman–Crippen MR) is 129 cm³/mol. The van der Waals surface area contributed by atoms with E-state index in [4.69, 9.17) is 0 Å². The topological polar surface area (TPSA) is 91.2 Å². The summed E-state index contributed by atoms with van der Waals surface area (Å²) in [5, 5.41) is 13.6. The summed E-state index contributed by atoms with van der Waals surface area (Å²) in [5.41, 5.74) is 2.03. The smallest absolute Gasteiger partial charge is 0.355 e. The van der Waals surface area contributed by atoms with E-state index in [1.54, 1.807) is 12.4 Å². The average molecular weight is 491 g/mol. The standard InChI is InChI=1S/C25H20F3N7O/c1-34(15-16-6-3-2-4-7-16)22-12-21(17-13-29-30-14-17)35-23(32-22)11-20(33-35)24(36)31-19-9-5-8-18(10-19)25(26,27)28/h2-14H,15H2,1H3,(H,29,30)(H,31,36). The Kier molecular flexibility index (Phi) is 5.88. The molecular formula is C25H20F3N7O. The fraction of sp³-hybridized carbons (Fsp3) is 0.120. The molecule has 8 nitrogen and oxygen atoms in total. The van der Waals surface area contributed by atoms with Gasteiger partial charge in [0.2, 0.25) is 0 Å². The van der Waals surface area contributed by atoms with Gasteiger partial charge in [-0.1, -0.05) is 36.4 Å². The number of aromatic amines is 1. The lowest BCUT2D eigenvalue weighted by molar-refractivity contribution is -0.137. The minimum atomic E-state index is -4.52. The summed E-state index contributed by atoms with van der Waals surface area (Å²) < 4.78 is 40.6. The van der Waals surface area contributed by atoms with Gasteiger partial charge in [-0.05, 0) is 23.8 Å². The number of carbonyl (C=O) groups is 1. The van der Waals surface area contributed by atoms with Crippen molar-refractivity contribution in [1.82, 2.24) is 24.8 Å². The van der Waals surface area contributed by atoms with Gasteiger partial charge in [-0.2, -0.15) is 23.4 Å². The SMILES string of the molecule is CN(Cc1ccccc1)c1cc(-c2cn[nH]c2)n2nc(C(=O)Nc3cccc(C(F)(F)F)c3)cc2n1. The third-order valence-electron chi connectivity index (χ3n) is 5.54. The van der Waals surface area contributed by atoms with Crippen LogP contribution in [0.15, 0.2) is 79.1 Å². The zero-order valence-electron chi connectivity index (χ0n) is 19.0. The molecule has 5 aromatic rings. The first-order valence-electron chi connectivity index (χ1n) is 10.9. The van der Waals surface area contributed by atoms with Crippen LogP contribution < -0.4 is 10.2 Å². The van der Waals surface area contributed by atoms with E-state index in [1.807, 2.05) is 48.3 Å². The maximum absolute atomic E-state index is 13.0. The van der Waals surface area contributed by atoms with Gasteiger partial charge >= 0.3 is 6.18 Å². The third kappa shape index (κ3) is 4.76. The van der Waals surface area contributed by atoms with Crippen molar-refractivity contribution in [2.45, 2.75) is 12.7 Å². The first-order valence-corrected chi connectivity index (χ1v) is 10.9. The van der Waals surface area contributed by atoms with E-state index in [1.165, 1.54) is 22.7 Å². The van der Waals surface area contributed by atoms with Gasteiger partial charge < -0.3 is 10.2 Å². The second-order valence-electron chi connectivity index (χ2n) is 8.16. The molecule has 3 aromatic heterocycles. The Labute approximate surface area is 203 Å². The summed E-state index contributed by atoms with van der Waals surface area (Å²) in [5.74, 6) is -0.00977. The lowest BCUT2D eigenvalue weighted by atomic mass is 10.2. The highest BCUT2D eigenvalue weighted by molar-refractivity contribution is 6.03. The number of benzene rings is 2. The van der Waals surface area contributed by atoms with Crippen LogP contribution in [0.2, 0.25) is 0 Å². The van der Waals surface area contributed by atoms with Gasteiger partial charge in [0, 0.05) is 43.2 Å². The predicted octanol–water partition coefficient (Wildman–Crippen LogP) is 5.03. The average Bonchev–Trinajstić information content (AvgIpc) is 3.54. The second-order valence-corrected chi connectivity index (χ2v) is 8.16. The first-order chi connectivity index (χ1) is 17.3. The summed E-state index contributed by atoms with van der Waals surface area (Å²) >= 11 is 0. The fourth-order valence-electron chi connectivity index (χ4n) is 3.77. The van der Waals surface area contributed by atoms with Gasteiger partial charge in [0.25, 0.3) is 5.91 Å². The molecule has 36 heavy (non-hydrogen) atoms. The number of amides is 1. The monoisotopic (exact) mass is 491 g/mol. The third-order valence-corrected chi connectivity index (χ3v) is 5.54. The van der Waals surface area contributed by atoms with Crippen molar-refractivity contribution in [1.29, 1.82) is 0 Å². The Hall–Kier alpha value is -4.67. The van der Waals surface area contributed by atoms with Gasteiger partial charge in [0.05, 0.1) is 17.5 Å². The zero-order valence-corrected chi connectivity index (χ0v) is 19.0. The summed E-state index contributed by atoms with van der Waals surface area (Å²) in [6.45, 7) is 0.603. The summed E-state index contributed by atoms with van der Waals surface area (Å²) in [6, 6.07) is 17.7. The van der Waals surface area contributed by atoms with E-state index in [2.05, 4.69) is 25.6 Å². The molecule has 0 aliphatic rings. The van der Waals surface area contributed by atoms with Crippen molar-refractivity contribution in [2.24, 2.45) is 0 Å². The highest BCUT2D eigenvalue weighted by Crippen LogP contribution is 2.31. The fourth-order valence-corrected chi connectivity index (χ4v) is 3.77. The number of nitrogens with one attached hydrogen (secondary N) is 2. The van der Waals surface area contributed by atoms with Crippen LogP contribution in [0, 0.1) is 0 Å². The highest BCUT2D eigenvalue weighted by atomic mass is 19.4. The van der Waals surface area contributed by atoms with Crippen LogP contribution in [-0.2, 0) is 12.7 Å². The molecule has 5 rings (SSSR count). The molecule has 0 aliphatic carbocycles. The second kappa shape index (κ2) is 9.17. The van der Waals surface area contributed by atoms with E-state index in [0.29, 0.717) is 23.7 Å². The summed E-state index contributed by atoms with van der Waals surface area (Å²) in [6.07, 6.45) is -1.20. The molecule has 11 heteroatoms. The van der Waals surface area contributed by atoms with Crippen LogP contribution in [0.4, 0.5) is 24.7 Å². The van der Waals surface area contributed by atoms with Crippen LogP contribution in [-0.4, -0.2) is 37.8 Å². The summed E-state index contributed by atoms with van der Waals surface area (Å²) in [7, 11) is 1.91. The van der Waals surface area contributed by atoms with Crippen molar-refractivity contribution in [3.8, 4) is 11.3 Å². The van der Waals surface area contributed by atoms with Gasteiger partial charge in [0.15, 0.2) is 11.3 Å². The molecule has 3 heterocycles. The Morgan fingerprint density at radius 3 is 2.61 bits per heavy atom. The van der Waals surface area contributed by atoms with Crippen molar-refractivity contribution >= 4 is 23.1 Å². The van der Waals surface area contributed by atoms with Crippen LogP contribution >= 0.6 is 0 Å². The number of rotatable bonds is 6. The van der Waals surface area contributed by atoms with Crippen LogP contribution in [0.3, 0.4) is 0 Å². The minimum absolute atomic E-state index is 0.00696. The van der Waals surface area contributed by atoms with E-state index in [9.17, 15) is 18.0 Å². The van der Waals surface area contributed by atoms with Gasteiger partial charge in [-0.25, -0.2) is 9.50 Å². The molecule has 0 fully saturated rings. The number of alkyl halides is 3. The Bertz CT molecular complexity index is 1510.